The van der Waals surface area contributed by atoms with Crippen LogP contribution in [0.5, 0.6) is 0 Å². The summed E-state index contributed by atoms with van der Waals surface area (Å²) >= 11 is 0. The van der Waals surface area contributed by atoms with E-state index in [9.17, 15) is 9.59 Å². The zero-order chi connectivity index (χ0) is 20.3. The van der Waals surface area contributed by atoms with Gasteiger partial charge in [0.05, 0.1) is 19.3 Å². The van der Waals surface area contributed by atoms with Crippen LogP contribution in [0.4, 0.5) is 0 Å². The standard InChI is InChI=1S/C21H22N2O5/c1-5-26-20(25)17-12-23-18(27-17)14-8-6-7-13(9-14)15-10-16(22-11-15)19(24)28-21(2,3)4/h6-10,12H,5,11H2,1-4H3. The van der Waals surface area contributed by atoms with Crippen LogP contribution in [-0.2, 0) is 14.3 Å². The molecular formula is C21H22N2O5. The van der Waals surface area contributed by atoms with Crippen LogP contribution >= 0.6 is 0 Å². The van der Waals surface area contributed by atoms with Gasteiger partial charge in [-0.25, -0.2) is 14.6 Å². The van der Waals surface area contributed by atoms with Crippen LogP contribution in [0.1, 0.15) is 43.8 Å². The van der Waals surface area contributed by atoms with Crippen LogP contribution in [-0.4, -0.2) is 41.4 Å². The van der Waals surface area contributed by atoms with E-state index in [0.29, 0.717) is 23.7 Å². The fraction of sp³-hybridized carbons (Fsp3) is 0.333. The highest BCUT2D eigenvalue weighted by atomic mass is 16.6. The molecule has 146 valence electrons. The van der Waals surface area contributed by atoms with Gasteiger partial charge in [-0.3, -0.25) is 4.99 Å². The number of benzene rings is 1. The van der Waals surface area contributed by atoms with Gasteiger partial charge in [-0.15, -0.1) is 0 Å². The van der Waals surface area contributed by atoms with Crippen molar-refractivity contribution in [1.82, 2.24) is 4.98 Å². The molecule has 0 saturated heterocycles. The maximum Gasteiger partial charge on any atom is 0.375 e. The lowest BCUT2D eigenvalue weighted by Crippen LogP contribution is -2.27. The Morgan fingerprint density at radius 1 is 1.18 bits per heavy atom. The fourth-order valence-corrected chi connectivity index (χ4v) is 2.61. The summed E-state index contributed by atoms with van der Waals surface area (Å²) in [5.41, 5.74) is 2.21. The number of hydrogen-bond donors (Lipinski definition) is 0. The van der Waals surface area contributed by atoms with Gasteiger partial charge in [-0.1, -0.05) is 12.1 Å². The van der Waals surface area contributed by atoms with Crippen LogP contribution in [0.2, 0.25) is 0 Å². The molecule has 0 atom stereocenters. The number of carbonyl (C=O) groups excluding carboxylic acids is 2. The Morgan fingerprint density at radius 2 is 1.93 bits per heavy atom. The van der Waals surface area contributed by atoms with Gasteiger partial charge in [0.2, 0.25) is 11.7 Å². The maximum absolute atomic E-state index is 12.2. The summed E-state index contributed by atoms with van der Waals surface area (Å²) in [6.07, 6.45) is 3.07. The van der Waals surface area contributed by atoms with Gasteiger partial charge in [0.1, 0.15) is 11.3 Å². The molecule has 0 N–H and O–H groups in total. The number of esters is 2. The molecule has 1 aromatic carbocycles. The van der Waals surface area contributed by atoms with Gasteiger partial charge in [-0.05, 0) is 57.0 Å². The zero-order valence-electron chi connectivity index (χ0n) is 16.3. The van der Waals surface area contributed by atoms with E-state index in [0.717, 1.165) is 11.1 Å². The topological polar surface area (TPSA) is 91.0 Å². The monoisotopic (exact) mass is 382 g/mol. The summed E-state index contributed by atoms with van der Waals surface area (Å²) in [7, 11) is 0. The minimum absolute atomic E-state index is 0.0536. The normalized spacial score (nSPS) is 13.7. The highest BCUT2D eigenvalue weighted by Crippen LogP contribution is 2.26. The third kappa shape index (κ3) is 4.54. The molecule has 0 radical (unpaired) electrons. The van der Waals surface area contributed by atoms with Crippen molar-refractivity contribution in [3.63, 3.8) is 0 Å². The molecule has 1 aliphatic heterocycles. The fourth-order valence-electron chi connectivity index (χ4n) is 2.61. The lowest BCUT2D eigenvalue weighted by Gasteiger charge is -2.18. The molecule has 7 nitrogen and oxygen atoms in total. The van der Waals surface area contributed by atoms with E-state index in [1.807, 2.05) is 45.0 Å². The Labute approximate surface area is 163 Å². The Hall–Kier alpha value is -3.22. The van der Waals surface area contributed by atoms with Crippen LogP contribution in [0.25, 0.3) is 17.0 Å². The summed E-state index contributed by atoms with van der Waals surface area (Å²) in [4.78, 5) is 32.3. The van der Waals surface area contributed by atoms with Gasteiger partial charge in [0.15, 0.2) is 0 Å². The van der Waals surface area contributed by atoms with Crippen LogP contribution in [0, 0.1) is 0 Å². The minimum atomic E-state index is -0.572. The number of aromatic nitrogens is 1. The molecule has 0 unspecified atom stereocenters. The summed E-state index contributed by atoms with van der Waals surface area (Å²) in [5.74, 6) is -0.619. The first-order chi connectivity index (χ1) is 13.3. The number of oxazole rings is 1. The van der Waals surface area contributed by atoms with Crippen molar-refractivity contribution in [1.29, 1.82) is 0 Å². The number of nitrogens with zero attached hydrogens (tertiary/aromatic N) is 2. The van der Waals surface area contributed by atoms with Gasteiger partial charge in [-0.2, -0.15) is 0 Å². The lowest BCUT2D eigenvalue weighted by atomic mass is 10.0. The molecule has 0 amide bonds. The Kier molecular flexibility index (Phi) is 5.44. The van der Waals surface area contributed by atoms with E-state index in [1.165, 1.54) is 6.20 Å². The number of rotatable bonds is 5. The third-order valence-corrected chi connectivity index (χ3v) is 3.80. The molecule has 1 aromatic heterocycles. The van der Waals surface area contributed by atoms with Gasteiger partial charge >= 0.3 is 11.9 Å². The van der Waals surface area contributed by atoms with Crippen LogP contribution in [0.3, 0.4) is 0 Å². The van der Waals surface area contributed by atoms with E-state index < -0.39 is 17.5 Å². The molecule has 7 heteroatoms. The molecule has 2 heterocycles. The zero-order valence-corrected chi connectivity index (χ0v) is 16.3. The van der Waals surface area contributed by atoms with Gasteiger partial charge in [0, 0.05) is 5.56 Å². The molecule has 2 aromatic rings. The quantitative estimate of drug-likeness (QED) is 0.733. The van der Waals surface area contributed by atoms with E-state index in [1.54, 1.807) is 13.0 Å². The second kappa shape index (κ2) is 7.80. The van der Waals surface area contributed by atoms with Crippen molar-refractivity contribution >= 4 is 23.2 Å². The number of ether oxygens (including phenoxy) is 2. The van der Waals surface area contributed by atoms with Crippen molar-refractivity contribution in [3.8, 4) is 11.5 Å². The first-order valence-electron chi connectivity index (χ1n) is 8.99. The molecular weight excluding hydrogens is 360 g/mol. The van der Waals surface area contributed by atoms with E-state index in [-0.39, 0.29) is 12.4 Å². The number of hydrogen-bond acceptors (Lipinski definition) is 7. The predicted octanol–water partition coefficient (Wildman–Crippen LogP) is 3.70. The first-order valence-corrected chi connectivity index (χ1v) is 8.99. The SMILES string of the molecule is CCOC(=O)c1cnc(-c2cccc(C3=CC(C(=O)OC(C)(C)C)=NC3)c2)o1. The third-order valence-electron chi connectivity index (χ3n) is 3.80. The van der Waals surface area contributed by atoms with Crippen LogP contribution in [0.15, 0.2) is 45.9 Å². The summed E-state index contributed by atoms with van der Waals surface area (Å²) in [6, 6.07) is 7.47. The Balaban J connectivity index is 1.79. The Bertz CT molecular complexity index is 963. The Morgan fingerprint density at radius 3 is 2.64 bits per heavy atom. The van der Waals surface area contributed by atoms with Crippen molar-refractivity contribution in [2.75, 3.05) is 13.2 Å². The average Bonchev–Trinajstić information content (AvgIpc) is 3.31. The van der Waals surface area contributed by atoms with E-state index in [4.69, 9.17) is 13.9 Å². The number of carbonyl (C=O) groups is 2. The van der Waals surface area contributed by atoms with Gasteiger partial charge in [0.25, 0.3) is 0 Å². The molecule has 0 aliphatic carbocycles. The molecule has 0 spiro atoms. The second-order valence-electron chi connectivity index (χ2n) is 7.20. The van der Waals surface area contributed by atoms with Crippen molar-refractivity contribution in [2.24, 2.45) is 4.99 Å². The maximum atomic E-state index is 12.2. The summed E-state index contributed by atoms with van der Waals surface area (Å²) in [5, 5.41) is 0. The molecule has 1 aliphatic rings. The largest absolute Gasteiger partial charge is 0.460 e. The van der Waals surface area contributed by atoms with Crippen molar-refractivity contribution in [3.05, 3.63) is 47.9 Å². The molecule has 0 fully saturated rings. The summed E-state index contributed by atoms with van der Waals surface area (Å²) in [6.45, 7) is 7.82. The molecule has 3 rings (SSSR count). The van der Waals surface area contributed by atoms with Crippen molar-refractivity contribution < 1.29 is 23.5 Å². The molecule has 0 saturated carbocycles. The highest BCUT2D eigenvalue weighted by Gasteiger charge is 2.23. The smallest absolute Gasteiger partial charge is 0.375 e. The second-order valence-corrected chi connectivity index (χ2v) is 7.20. The van der Waals surface area contributed by atoms with Gasteiger partial charge < -0.3 is 13.9 Å². The molecule has 0 bridgehead atoms. The average molecular weight is 382 g/mol. The predicted molar refractivity (Wildman–Crippen MR) is 104 cm³/mol. The van der Waals surface area contributed by atoms with Crippen LogP contribution < -0.4 is 0 Å². The highest BCUT2D eigenvalue weighted by molar-refractivity contribution is 6.43. The molecule has 28 heavy (non-hydrogen) atoms. The number of aliphatic imine (C=N–C) groups is 1. The first kappa shape index (κ1) is 19.5. The minimum Gasteiger partial charge on any atom is -0.460 e. The lowest BCUT2D eigenvalue weighted by molar-refractivity contribution is -0.146. The van der Waals surface area contributed by atoms with E-state index >= 15 is 0 Å². The summed E-state index contributed by atoms with van der Waals surface area (Å²) < 4.78 is 15.8. The van der Waals surface area contributed by atoms with Crippen molar-refractivity contribution in [2.45, 2.75) is 33.3 Å². The van der Waals surface area contributed by atoms with E-state index in [2.05, 4.69) is 9.98 Å².